The van der Waals surface area contributed by atoms with E-state index in [1.54, 1.807) is 0 Å². The van der Waals surface area contributed by atoms with E-state index in [-0.39, 0.29) is 5.56 Å². The van der Waals surface area contributed by atoms with E-state index in [4.69, 9.17) is 0 Å². The average Bonchev–Trinajstić information content (AvgIpc) is 2.76. The van der Waals surface area contributed by atoms with Gasteiger partial charge in [-0.15, -0.1) is 0 Å². The molecule has 3 N–H and O–H groups in total. The van der Waals surface area contributed by atoms with Crippen molar-refractivity contribution in [3.05, 3.63) is 32.6 Å². The minimum atomic E-state index is -0.420. The Balaban J connectivity index is 1.72. The summed E-state index contributed by atoms with van der Waals surface area (Å²) in [4.78, 5) is 29.8. The molecule has 2 aliphatic heterocycles. The zero-order valence-electron chi connectivity index (χ0n) is 11.0. The number of nitrogens with one attached hydrogen (secondary N) is 3. The Bertz CT molecular complexity index is 528. The molecule has 0 aromatic carbocycles. The molecule has 1 aromatic heterocycles. The number of hydrogen-bond donors (Lipinski definition) is 3. The van der Waals surface area contributed by atoms with Gasteiger partial charge >= 0.3 is 5.69 Å². The molecule has 6 nitrogen and oxygen atoms in total. The van der Waals surface area contributed by atoms with Gasteiger partial charge < -0.3 is 10.3 Å². The molecule has 1 spiro atoms. The molecular formula is C13H20N4O2. The van der Waals surface area contributed by atoms with E-state index >= 15 is 0 Å². The lowest BCUT2D eigenvalue weighted by Gasteiger charge is -2.39. The third kappa shape index (κ3) is 2.79. The van der Waals surface area contributed by atoms with E-state index in [0.717, 1.165) is 26.2 Å². The van der Waals surface area contributed by atoms with Crippen molar-refractivity contribution in [3.63, 3.8) is 0 Å². The van der Waals surface area contributed by atoms with Crippen LogP contribution in [0.4, 0.5) is 0 Å². The van der Waals surface area contributed by atoms with Crippen molar-refractivity contribution < 1.29 is 0 Å². The third-order valence-corrected chi connectivity index (χ3v) is 4.28. The highest BCUT2D eigenvalue weighted by molar-refractivity contribution is 5.00. The number of H-pyrrole nitrogens is 2. The molecule has 0 aliphatic carbocycles. The number of hydrogen-bond acceptors (Lipinski definition) is 4. The zero-order chi connectivity index (χ0) is 13.3. The summed E-state index contributed by atoms with van der Waals surface area (Å²) in [5.41, 5.74) is 0.362. The number of rotatable bonds is 2. The summed E-state index contributed by atoms with van der Waals surface area (Å²) in [7, 11) is 0. The smallest absolute Gasteiger partial charge is 0.316 e. The van der Waals surface area contributed by atoms with Crippen LogP contribution in [0.2, 0.25) is 0 Å². The third-order valence-electron chi connectivity index (χ3n) is 4.28. The zero-order valence-corrected chi connectivity index (χ0v) is 11.0. The summed E-state index contributed by atoms with van der Waals surface area (Å²) >= 11 is 0. The van der Waals surface area contributed by atoms with Crippen molar-refractivity contribution in [2.24, 2.45) is 5.41 Å². The quantitative estimate of drug-likeness (QED) is 0.681. The molecule has 1 atom stereocenters. The highest BCUT2D eigenvalue weighted by Crippen LogP contribution is 2.35. The van der Waals surface area contributed by atoms with Gasteiger partial charge in [0.25, 0.3) is 5.56 Å². The van der Waals surface area contributed by atoms with Crippen molar-refractivity contribution in [2.45, 2.75) is 25.8 Å². The van der Waals surface area contributed by atoms with Crippen molar-refractivity contribution in [3.8, 4) is 0 Å². The van der Waals surface area contributed by atoms with Crippen LogP contribution in [-0.2, 0) is 6.54 Å². The van der Waals surface area contributed by atoms with Gasteiger partial charge in [0.05, 0.1) is 0 Å². The molecule has 2 aliphatic rings. The number of aromatic nitrogens is 2. The standard InChI is InChI=1S/C13H20N4O2/c18-11-6-10(15-12(19)16-11)7-17-5-1-2-13(9-17)3-4-14-8-13/h6,14H,1-5,7-9H2,(H2,15,16,18,19)/t13-/m1/s1. The Kier molecular flexibility index (Phi) is 3.28. The van der Waals surface area contributed by atoms with E-state index in [1.165, 1.54) is 25.3 Å². The van der Waals surface area contributed by atoms with Crippen LogP contribution in [0.3, 0.4) is 0 Å². The molecule has 0 radical (unpaired) electrons. The summed E-state index contributed by atoms with van der Waals surface area (Å²) in [6.45, 7) is 4.94. The largest absolute Gasteiger partial charge is 0.325 e. The summed E-state index contributed by atoms with van der Waals surface area (Å²) in [6.07, 6.45) is 3.70. The first-order valence-corrected chi connectivity index (χ1v) is 6.91. The highest BCUT2D eigenvalue weighted by Gasteiger charge is 2.37. The van der Waals surface area contributed by atoms with Gasteiger partial charge in [-0.25, -0.2) is 4.79 Å². The van der Waals surface area contributed by atoms with Crippen LogP contribution in [-0.4, -0.2) is 41.0 Å². The van der Waals surface area contributed by atoms with Crippen LogP contribution in [0.25, 0.3) is 0 Å². The molecular weight excluding hydrogens is 244 g/mol. The molecule has 0 amide bonds. The lowest BCUT2D eigenvalue weighted by molar-refractivity contribution is 0.0966. The second-order valence-electron chi connectivity index (χ2n) is 5.85. The summed E-state index contributed by atoms with van der Waals surface area (Å²) in [5.74, 6) is 0. The maximum atomic E-state index is 11.3. The minimum absolute atomic E-state index is 0.326. The Morgan fingerprint density at radius 3 is 2.89 bits per heavy atom. The van der Waals surface area contributed by atoms with Gasteiger partial charge in [-0.05, 0) is 37.8 Å². The second-order valence-corrected chi connectivity index (χ2v) is 5.85. The first-order chi connectivity index (χ1) is 9.15. The van der Waals surface area contributed by atoms with Crippen LogP contribution >= 0.6 is 0 Å². The molecule has 3 rings (SSSR count). The fourth-order valence-corrected chi connectivity index (χ4v) is 3.43. The fraction of sp³-hybridized carbons (Fsp3) is 0.692. The molecule has 0 bridgehead atoms. The summed E-state index contributed by atoms with van der Waals surface area (Å²) < 4.78 is 0. The maximum absolute atomic E-state index is 11.3. The van der Waals surface area contributed by atoms with Crippen molar-refractivity contribution in [2.75, 3.05) is 26.2 Å². The maximum Gasteiger partial charge on any atom is 0.325 e. The van der Waals surface area contributed by atoms with Gasteiger partial charge in [0.2, 0.25) is 0 Å². The minimum Gasteiger partial charge on any atom is -0.316 e. The van der Waals surface area contributed by atoms with Crippen LogP contribution in [0, 0.1) is 5.41 Å². The second kappa shape index (κ2) is 4.94. The molecule has 1 aromatic rings. The normalized spacial score (nSPS) is 28.0. The van der Waals surface area contributed by atoms with E-state index in [0.29, 0.717) is 17.7 Å². The predicted molar refractivity (Wildman–Crippen MR) is 72.1 cm³/mol. The topological polar surface area (TPSA) is 81.0 Å². The van der Waals surface area contributed by atoms with E-state index < -0.39 is 5.69 Å². The van der Waals surface area contributed by atoms with Gasteiger partial charge in [0.1, 0.15) is 0 Å². The van der Waals surface area contributed by atoms with Crippen molar-refractivity contribution in [1.82, 2.24) is 20.2 Å². The van der Waals surface area contributed by atoms with E-state index in [1.807, 2.05) is 0 Å². The van der Waals surface area contributed by atoms with Crippen LogP contribution < -0.4 is 16.6 Å². The molecule has 19 heavy (non-hydrogen) atoms. The molecule has 2 fully saturated rings. The Morgan fingerprint density at radius 1 is 1.26 bits per heavy atom. The van der Waals surface area contributed by atoms with Gasteiger partial charge in [-0.2, -0.15) is 0 Å². The van der Waals surface area contributed by atoms with Gasteiger partial charge in [0.15, 0.2) is 0 Å². The molecule has 0 unspecified atom stereocenters. The Hall–Kier alpha value is -1.40. The van der Waals surface area contributed by atoms with E-state index in [9.17, 15) is 9.59 Å². The summed E-state index contributed by atoms with van der Waals surface area (Å²) in [6, 6.07) is 1.48. The first kappa shape index (κ1) is 12.6. The van der Waals surface area contributed by atoms with Crippen molar-refractivity contribution in [1.29, 1.82) is 0 Å². The first-order valence-electron chi connectivity index (χ1n) is 6.91. The average molecular weight is 264 g/mol. The van der Waals surface area contributed by atoms with Crippen LogP contribution in [0.15, 0.2) is 15.7 Å². The fourth-order valence-electron chi connectivity index (χ4n) is 3.43. The molecule has 104 valence electrons. The van der Waals surface area contributed by atoms with Crippen LogP contribution in [0.1, 0.15) is 25.0 Å². The lowest BCUT2D eigenvalue weighted by atomic mass is 9.79. The number of likely N-dealkylation sites (tertiary alicyclic amines) is 1. The highest BCUT2D eigenvalue weighted by atomic mass is 16.2. The van der Waals surface area contributed by atoms with Gasteiger partial charge in [0, 0.05) is 31.4 Å². The number of nitrogens with zero attached hydrogens (tertiary/aromatic N) is 1. The van der Waals surface area contributed by atoms with Crippen molar-refractivity contribution >= 4 is 0 Å². The molecule has 6 heteroatoms. The Morgan fingerprint density at radius 2 is 2.16 bits per heavy atom. The SMILES string of the molecule is O=c1cc(CN2CCC[C@]3(CCNC3)C2)[nH]c(=O)[nH]1. The molecule has 2 saturated heterocycles. The summed E-state index contributed by atoms with van der Waals surface area (Å²) in [5, 5.41) is 3.45. The lowest BCUT2D eigenvalue weighted by Crippen LogP contribution is -2.44. The monoisotopic (exact) mass is 264 g/mol. The molecule has 3 heterocycles. The van der Waals surface area contributed by atoms with E-state index in [2.05, 4.69) is 20.2 Å². The number of piperidine rings is 1. The van der Waals surface area contributed by atoms with Crippen LogP contribution in [0.5, 0.6) is 0 Å². The van der Waals surface area contributed by atoms with Gasteiger partial charge in [-0.1, -0.05) is 0 Å². The predicted octanol–water partition coefficient (Wildman–Crippen LogP) is -0.361. The Labute approximate surface area is 111 Å². The number of aromatic amines is 2. The van der Waals surface area contributed by atoms with Gasteiger partial charge in [-0.3, -0.25) is 14.7 Å². The molecule has 0 saturated carbocycles.